The Morgan fingerprint density at radius 3 is 2.53 bits per heavy atom. The van der Waals surface area contributed by atoms with Crippen LogP contribution in [0.2, 0.25) is 5.02 Å². The van der Waals surface area contributed by atoms with Gasteiger partial charge in [0.1, 0.15) is 5.82 Å². The first kappa shape index (κ1) is 14.0. The Bertz CT molecular complexity index is 554. The molecule has 1 atom stereocenters. The molecule has 0 saturated heterocycles. The predicted molar refractivity (Wildman–Crippen MR) is 78.1 cm³/mol. The maximum atomic E-state index is 13.5. The molecule has 2 aromatic rings. The molecule has 0 aromatic heterocycles. The van der Waals surface area contributed by atoms with Crippen molar-refractivity contribution in [3.8, 4) is 0 Å². The SMILES string of the molecule is CCNC(c1ccccc1)c1cc(C)c(F)cc1Cl. The molecule has 0 spiro atoms. The smallest absolute Gasteiger partial charge is 0.127 e. The van der Waals surface area contributed by atoms with Crippen LogP contribution < -0.4 is 5.32 Å². The summed E-state index contributed by atoms with van der Waals surface area (Å²) >= 11 is 6.20. The number of hydrogen-bond acceptors (Lipinski definition) is 1. The zero-order chi connectivity index (χ0) is 13.8. The van der Waals surface area contributed by atoms with Crippen LogP contribution in [-0.4, -0.2) is 6.54 Å². The summed E-state index contributed by atoms with van der Waals surface area (Å²) in [7, 11) is 0. The van der Waals surface area contributed by atoms with E-state index in [1.807, 2.05) is 43.3 Å². The molecule has 0 saturated carbocycles. The fraction of sp³-hybridized carbons (Fsp3) is 0.250. The van der Waals surface area contributed by atoms with Gasteiger partial charge < -0.3 is 5.32 Å². The summed E-state index contributed by atoms with van der Waals surface area (Å²) < 4.78 is 13.5. The van der Waals surface area contributed by atoms with Crippen LogP contribution in [0.1, 0.15) is 29.7 Å². The minimum Gasteiger partial charge on any atom is -0.306 e. The molecule has 0 fully saturated rings. The number of aryl methyl sites for hydroxylation is 1. The number of halogens is 2. The normalized spacial score (nSPS) is 12.4. The second-order valence-electron chi connectivity index (χ2n) is 4.52. The number of benzene rings is 2. The van der Waals surface area contributed by atoms with Crippen LogP contribution in [0.5, 0.6) is 0 Å². The molecule has 19 heavy (non-hydrogen) atoms. The van der Waals surface area contributed by atoms with Crippen molar-refractivity contribution in [2.45, 2.75) is 19.9 Å². The number of hydrogen-bond donors (Lipinski definition) is 1. The molecule has 0 bridgehead atoms. The molecule has 2 rings (SSSR count). The minimum atomic E-state index is -0.267. The van der Waals surface area contributed by atoms with Gasteiger partial charge in [-0.1, -0.05) is 48.9 Å². The molecule has 0 aliphatic carbocycles. The molecule has 100 valence electrons. The third kappa shape index (κ3) is 3.14. The quantitative estimate of drug-likeness (QED) is 0.868. The summed E-state index contributed by atoms with van der Waals surface area (Å²) in [6.45, 7) is 4.61. The van der Waals surface area contributed by atoms with E-state index in [4.69, 9.17) is 11.6 Å². The standard InChI is InChI=1S/C16H17ClFN/c1-3-19-16(12-7-5-4-6-8-12)13-9-11(2)15(18)10-14(13)17/h4-10,16,19H,3H2,1-2H3. The number of rotatable bonds is 4. The van der Waals surface area contributed by atoms with Gasteiger partial charge in [0, 0.05) is 5.02 Å². The molecule has 0 radical (unpaired) electrons. The highest BCUT2D eigenvalue weighted by Gasteiger charge is 2.17. The van der Waals surface area contributed by atoms with Crippen molar-refractivity contribution in [1.29, 1.82) is 0 Å². The Morgan fingerprint density at radius 2 is 1.89 bits per heavy atom. The summed E-state index contributed by atoms with van der Waals surface area (Å²) in [4.78, 5) is 0. The largest absolute Gasteiger partial charge is 0.306 e. The lowest BCUT2D eigenvalue weighted by Crippen LogP contribution is -2.22. The molecule has 3 heteroatoms. The van der Waals surface area contributed by atoms with E-state index in [2.05, 4.69) is 5.32 Å². The zero-order valence-corrected chi connectivity index (χ0v) is 11.8. The molecule has 0 aliphatic rings. The van der Waals surface area contributed by atoms with Crippen molar-refractivity contribution in [1.82, 2.24) is 5.32 Å². The Labute approximate surface area is 118 Å². The molecule has 0 aliphatic heterocycles. The Balaban J connectivity index is 2.48. The van der Waals surface area contributed by atoms with E-state index in [1.54, 1.807) is 6.92 Å². The first-order valence-corrected chi connectivity index (χ1v) is 6.75. The van der Waals surface area contributed by atoms with Gasteiger partial charge in [0.25, 0.3) is 0 Å². The van der Waals surface area contributed by atoms with Gasteiger partial charge in [-0.05, 0) is 42.3 Å². The average molecular weight is 278 g/mol. The van der Waals surface area contributed by atoms with Gasteiger partial charge in [-0.2, -0.15) is 0 Å². The third-order valence-corrected chi connectivity index (χ3v) is 3.46. The molecular formula is C16H17ClFN. The Kier molecular flexibility index (Phi) is 4.56. The highest BCUT2D eigenvalue weighted by molar-refractivity contribution is 6.31. The highest BCUT2D eigenvalue weighted by atomic mass is 35.5. The summed E-state index contributed by atoms with van der Waals surface area (Å²) in [5.41, 5.74) is 2.64. The van der Waals surface area contributed by atoms with E-state index >= 15 is 0 Å². The lowest BCUT2D eigenvalue weighted by molar-refractivity contribution is 0.606. The van der Waals surface area contributed by atoms with Gasteiger partial charge >= 0.3 is 0 Å². The van der Waals surface area contributed by atoms with Crippen molar-refractivity contribution in [2.75, 3.05) is 6.54 Å². The molecule has 0 amide bonds. The second-order valence-corrected chi connectivity index (χ2v) is 4.93. The van der Waals surface area contributed by atoms with E-state index in [-0.39, 0.29) is 11.9 Å². The van der Waals surface area contributed by atoms with Crippen LogP contribution in [0.25, 0.3) is 0 Å². The zero-order valence-electron chi connectivity index (χ0n) is 11.1. The second kappa shape index (κ2) is 6.18. The van der Waals surface area contributed by atoms with Gasteiger partial charge in [-0.15, -0.1) is 0 Å². The van der Waals surface area contributed by atoms with Crippen LogP contribution >= 0.6 is 11.6 Å². The Morgan fingerprint density at radius 1 is 1.21 bits per heavy atom. The minimum absolute atomic E-state index is 0.0157. The highest BCUT2D eigenvalue weighted by Crippen LogP contribution is 2.30. The molecule has 0 heterocycles. The summed E-state index contributed by atoms with van der Waals surface area (Å²) in [6.07, 6.45) is 0. The molecule has 1 N–H and O–H groups in total. The van der Waals surface area contributed by atoms with Crippen molar-refractivity contribution < 1.29 is 4.39 Å². The van der Waals surface area contributed by atoms with Crippen molar-refractivity contribution in [2.24, 2.45) is 0 Å². The number of nitrogens with one attached hydrogen (secondary N) is 1. The van der Waals surface area contributed by atoms with Gasteiger partial charge in [0.2, 0.25) is 0 Å². The average Bonchev–Trinajstić information content (AvgIpc) is 2.42. The van der Waals surface area contributed by atoms with Crippen LogP contribution in [0, 0.1) is 12.7 Å². The van der Waals surface area contributed by atoms with E-state index in [1.165, 1.54) is 6.07 Å². The van der Waals surface area contributed by atoms with Crippen LogP contribution in [0.4, 0.5) is 4.39 Å². The van der Waals surface area contributed by atoms with E-state index < -0.39 is 0 Å². The predicted octanol–water partition coefficient (Wildman–Crippen LogP) is 4.49. The first-order chi connectivity index (χ1) is 9.13. The molecule has 2 aromatic carbocycles. The molecule has 1 unspecified atom stereocenters. The van der Waals surface area contributed by atoms with Gasteiger partial charge in [0.15, 0.2) is 0 Å². The summed E-state index contributed by atoms with van der Waals surface area (Å²) in [5, 5.41) is 3.85. The fourth-order valence-corrected chi connectivity index (χ4v) is 2.42. The van der Waals surface area contributed by atoms with Crippen LogP contribution in [-0.2, 0) is 0 Å². The van der Waals surface area contributed by atoms with E-state index in [0.717, 1.165) is 17.7 Å². The maximum absolute atomic E-state index is 13.5. The van der Waals surface area contributed by atoms with E-state index in [0.29, 0.717) is 10.6 Å². The lowest BCUT2D eigenvalue weighted by atomic mass is 9.97. The van der Waals surface area contributed by atoms with Gasteiger partial charge in [-0.25, -0.2) is 4.39 Å². The molecule has 1 nitrogen and oxygen atoms in total. The summed E-state index contributed by atoms with van der Waals surface area (Å²) in [5.74, 6) is -0.267. The Hall–Kier alpha value is -1.38. The molecular weight excluding hydrogens is 261 g/mol. The van der Waals surface area contributed by atoms with Gasteiger partial charge in [-0.3, -0.25) is 0 Å². The topological polar surface area (TPSA) is 12.0 Å². The van der Waals surface area contributed by atoms with Crippen molar-refractivity contribution >= 4 is 11.6 Å². The monoisotopic (exact) mass is 277 g/mol. The maximum Gasteiger partial charge on any atom is 0.127 e. The van der Waals surface area contributed by atoms with Crippen molar-refractivity contribution in [3.05, 3.63) is 70.0 Å². The van der Waals surface area contributed by atoms with Crippen LogP contribution in [0.15, 0.2) is 42.5 Å². The third-order valence-electron chi connectivity index (χ3n) is 3.13. The van der Waals surface area contributed by atoms with Gasteiger partial charge in [0.05, 0.1) is 6.04 Å². The fourth-order valence-electron chi connectivity index (χ4n) is 2.16. The van der Waals surface area contributed by atoms with Crippen LogP contribution in [0.3, 0.4) is 0 Å². The van der Waals surface area contributed by atoms with Crippen molar-refractivity contribution in [3.63, 3.8) is 0 Å². The first-order valence-electron chi connectivity index (χ1n) is 6.37. The summed E-state index contributed by atoms with van der Waals surface area (Å²) in [6, 6.07) is 13.2. The van der Waals surface area contributed by atoms with E-state index in [9.17, 15) is 4.39 Å². The lowest BCUT2D eigenvalue weighted by Gasteiger charge is -2.21.